The molecule has 0 saturated heterocycles. The van der Waals surface area contributed by atoms with Gasteiger partial charge in [0.15, 0.2) is 0 Å². The number of rotatable bonds is 16. The van der Waals surface area contributed by atoms with E-state index in [9.17, 15) is 0 Å². The first kappa shape index (κ1) is 26.3. The van der Waals surface area contributed by atoms with Crippen LogP contribution >= 0.6 is 0 Å². The van der Waals surface area contributed by atoms with Crippen molar-refractivity contribution in [2.75, 3.05) is 0 Å². The monoisotopic (exact) mass is 459 g/mol. The van der Waals surface area contributed by atoms with Crippen molar-refractivity contribution in [3.63, 3.8) is 0 Å². The molecule has 0 saturated carbocycles. The lowest BCUT2D eigenvalue weighted by Gasteiger charge is -2.12. The molecule has 0 spiro atoms. The third-order valence-corrected chi connectivity index (χ3v) is 7.21. The van der Waals surface area contributed by atoms with Gasteiger partial charge in [-0.15, -0.1) is 0 Å². The number of hydrogen-bond donors (Lipinski definition) is 0. The first-order chi connectivity index (χ1) is 16.7. The van der Waals surface area contributed by atoms with Crippen molar-refractivity contribution in [2.45, 2.75) is 110 Å². The molecule has 0 fully saturated rings. The molecule has 1 heterocycles. The molecule has 0 radical (unpaired) electrons. The van der Waals surface area contributed by atoms with E-state index in [4.69, 9.17) is 0 Å². The summed E-state index contributed by atoms with van der Waals surface area (Å²) in [6.45, 7) is 9.12. The van der Waals surface area contributed by atoms with Crippen molar-refractivity contribution in [2.24, 2.45) is 0 Å². The largest absolute Gasteiger partial charge is 0.261 e. The van der Waals surface area contributed by atoms with Crippen LogP contribution in [0.2, 0.25) is 0 Å². The normalized spacial score (nSPS) is 12.2. The van der Waals surface area contributed by atoms with Crippen LogP contribution in [0.3, 0.4) is 0 Å². The quantitative estimate of drug-likeness (QED) is 0.151. The number of nitrogens with zero attached hydrogens (tertiary/aromatic N) is 2. The molecule has 0 amide bonds. The highest BCUT2D eigenvalue weighted by Gasteiger charge is 2.24. The highest BCUT2D eigenvalue weighted by atomic mass is 15.2. The minimum atomic E-state index is 0.521. The summed E-state index contributed by atoms with van der Waals surface area (Å²) in [5, 5.41) is 0. The van der Waals surface area contributed by atoms with E-state index in [-0.39, 0.29) is 0 Å². The number of benzene rings is 2. The molecule has 0 bridgehead atoms. The van der Waals surface area contributed by atoms with Gasteiger partial charge in [0, 0.05) is 6.42 Å². The van der Waals surface area contributed by atoms with Crippen LogP contribution in [0.4, 0.5) is 0 Å². The summed E-state index contributed by atoms with van der Waals surface area (Å²) >= 11 is 0. The summed E-state index contributed by atoms with van der Waals surface area (Å²) in [5.41, 5.74) is 4.33. The Kier molecular flexibility index (Phi) is 11.4. The second-order valence-corrected chi connectivity index (χ2v) is 9.98. The van der Waals surface area contributed by atoms with Gasteiger partial charge in [-0.05, 0) is 36.8 Å². The first-order valence-corrected chi connectivity index (χ1v) is 13.9. The molecule has 0 N–H and O–H groups in total. The van der Waals surface area contributed by atoms with Crippen LogP contribution < -0.4 is 4.57 Å². The molecule has 2 heteroatoms. The summed E-state index contributed by atoms with van der Waals surface area (Å²) in [6, 6.07) is 22.0. The molecule has 3 aromatic rings. The Morgan fingerprint density at radius 2 is 1.32 bits per heavy atom. The Hall–Kier alpha value is -2.35. The van der Waals surface area contributed by atoms with Gasteiger partial charge >= 0.3 is 0 Å². The van der Waals surface area contributed by atoms with Crippen LogP contribution in [0, 0.1) is 0 Å². The molecule has 1 unspecified atom stereocenters. The molecule has 2 aromatic carbocycles. The predicted molar refractivity (Wildman–Crippen MR) is 145 cm³/mol. The molecular formula is C32H47N2+. The van der Waals surface area contributed by atoms with Crippen LogP contribution in [0.1, 0.15) is 107 Å². The zero-order valence-corrected chi connectivity index (χ0v) is 22.0. The Morgan fingerprint density at radius 3 is 1.94 bits per heavy atom. The Bertz CT molecular complexity index is 926. The van der Waals surface area contributed by atoms with Gasteiger partial charge in [0.05, 0.1) is 19.5 Å². The van der Waals surface area contributed by atoms with Gasteiger partial charge in [0.2, 0.25) is 0 Å². The number of hydrogen-bond acceptors (Lipinski definition) is 0. The molecule has 0 aliphatic carbocycles. The Labute approximate surface area is 209 Å². The molecule has 1 aromatic heterocycles. The van der Waals surface area contributed by atoms with Crippen molar-refractivity contribution >= 4 is 0 Å². The number of unbranched alkanes of at least 4 members (excludes halogenated alkanes) is 8. The summed E-state index contributed by atoms with van der Waals surface area (Å²) in [6.07, 6.45) is 16.9. The van der Waals surface area contributed by atoms with Crippen LogP contribution in [0.5, 0.6) is 0 Å². The highest BCUT2D eigenvalue weighted by molar-refractivity contribution is 5.21. The van der Waals surface area contributed by atoms with Gasteiger partial charge in [-0.3, -0.25) is 0 Å². The molecule has 34 heavy (non-hydrogen) atoms. The van der Waals surface area contributed by atoms with Crippen molar-refractivity contribution in [1.29, 1.82) is 0 Å². The zero-order chi connectivity index (χ0) is 24.0. The van der Waals surface area contributed by atoms with Crippen molar-refractivity contribution < 1.29 is 4.57 Å². The Morgan fingerprint density at radius 1 is 0.735 bits per heavy atom. The molecule has 1 atom stereocenters. The van der Waals surface area contributed by atoms with Gasteiger partial charge in [0.1, 0.15) is 11.9 Å². The van der Waals surface area contributed by atoms with Gasteiger partial charge in [-0.1, -0.05) is 119 Å². The molecular weight excluding hydrogens is 412 g/mol. The number of aryl methyl sites for hydroxylation is 1. The molecule has 0 aliphatic rings. The van der Waals surface area contributed by atoms with E-state index in [0.717, 1.165) is 25.9 Å². The standard InChI is InChI=1S/C32H47N2/c1-4-6-7-8-9-10-11-12-19-24-34-31(25-28(3)30-22-17-14-18-23-30)27-33(5-2)32(34)26-29-20-15-13-16-21-29/h13-18,20-23,27-28H,4-12,19,24-26H2,1-3H3/q+1. The fraction of sp³-hybridized carbons (Fsp3) is 0.531. The molecule has 2 nitrogen and oxygen atoms in total. The summed E-state index contributed by atoms with van der Waals surface area (Å²) < 4.78 is 5.16. The third kappa shape index (κ3) is 8.15. The minimum absolute atomic E-state index is 0.521. The van der Waals surface area contributed by atoms with Gasteiger partial charge in [0.25, 0.3) is 5.82 Å². The summed E-state index contributed by atoms with van der Waals surface area (Å²) in [7, 11) is 0. The fourth-order valence-electron chi connectivity index (χ4n) is 5.12. The maximum atomic E-state index is 2.66. The third-order valence-electron chi connectivity index (χ3n) is 7.21. The van der Waals surface area contributed by atoms with Crippen molar-refractivity contribution in [3.05, 3.63) is 89.5 Å². The summed E-state index contributed by atoms with van der Waals surface area (Å²) in [5.74, 6) is 1.98. The van der Waals surface area contributed by atoms with E-state index >= 15 is 0 Å². The number of aromatic nitrogens is 2. The SMILES string of the molecule is CCCCCCCCCCC[n+]1c(CC(C)c2ccccc2)cn(CC)c1Cc1ccccc1. The molecule has 3 rings (SSSR count). The average Bonchev–Trinajstić information content (AvgIpc) is 3.19. The lowest BCUT2D eigenvalue weighted by Crippen LogP contribution is -2.41. The van der Waals surface area contributed by atoms with E-state index < -0.39 is 0 Å². The first-order valence-electron chi connectivity index (χ1n) is 13.9. The van der Waals surface area contributed by atoms with Crippen molar-refractivity contribution in [1.82, 2.24) is 4.57 Å². The van der Waals surface area contributed by atoms with Crippen LogP contribution in [0.15, 0.2) is 66.9 Å². The van der Waals surface area contributed by atoms with Gasteiger partial charge in [-0.2, -0.15) is 0 Å². The predicted octanol–water partition coefficient (Wildman–Crippen LogP) is 8.26. The lowest BCUT2D eigenvalue weighted by atomic mass is 9.96. The highest BCUT2D eigenvalue weighted by Crippen LogP contribution is 2.20. The summed E-state index contributed by atoms with van der Waals surface area (Å²) in [4.78, 5) is 0. The fourth-order valence-corrected chi connectivity index (χ4v) is 5.12. The van der Waals surface area contributed by atoms with Crippen LogP contribution in [0.25, 0.3) is 0 Å². The van der Waals surface area contributed by atoms with E-state index in [1.54, 1.807) is 0 Å². The Balaban J connectivity index is 1.69. The molecule has 184 valence electrons. The zero-order valence-electron chi connectivity index (χ0n) is 22.0. The van der Waals surface area contributed by atoms with Crippen LogP contribution in [-0.4, -0.2) is 4.57 Å². The lowest BCUT2D eigenvalue weighted by molar-refractivity contribution is -0.710. The maximum Gasteiger partial charge on any atom is 0.261 e. The second kappa shape index (κ2) is 14.8. The van der Waals surface area contributed by atoms with E-state index in [0.29, 0.717) is 5.92 Å². The van der Waals surface area contributed by atoms with Gasteiger partial charge in [-0.25, -0.2) is 9.13 Å². The second-order valence-electron chi connectivity index (χ2n) is 9.98. The van der Waals surface area contributed by atoms with Crippen LogP contribution in [-0.2, 0) is 25.9 Å². The molecule has 0 aliphatic heterocycles. The van der Waals surface area contributed by atoms with Crippen molar-refractivity contribution in [3.8, 4) is 0 Å². The van der Waals surface area contributed by atoms with Gasteiger partial charge < -0.3 is 0 Å². The van der Waals surface area contributed by atoms with E-state index in [2.05, 4.69) is 96.8 Å². The minimum Gasteiger partial charge on any atom is -0.234 e. The number of imidazole rings is 1. The van der Waals surface area contributed by atoms with E-state index in [1.807, 2.05) is 0 Å². The van der Waals surface area contributed by atoms with E-state index in [1.165, 1.54) is 80.4 Å². The topological polar surface area (TPSA) is 8.81 Å². The maximum absolute atomic E-state index is 2.66. The smallest absolute Gasteiger partial charge is 0.234 e. The average molecular weight is 460 g/mol.